The van der Waals surface area contributed by atoms with Crippen molar-refractivity contribution >= 4 is 17.9 Å². The fraction of sp³-hybridized carbons (Fsp3) is 0.182. The predicted octanol–water partition coefficient (Wildman–Crippen LogP) is 3.03. The number of rotatable bonds is 3. The molecule has 0 aliphatic carbocycles. The first kappa shape index (κ1) is 10.0. The van der Waals surface area contributed by atoms with Crippen molar-refractivity contribution in [2.45, 2.75) is 13.3 Å². The highest BCUT2D eigenvalue weighted by molar-refractivity contribution is 6.30. The van der Waals surface area contributed by atoms with Crippen LogP contribution < -0.4 is 0 Å². The van der Waals surface area contributed by atoms with Crippen LogP contribution in [0.1, 0.15) is 12.5 Å². The van der Waals surface area contributed by atoms with Crippen molar-refractivity contribution in [2.75, 3.05) is 0 Å². The summed E-state index contributed by atoms with van der Waals surface area (Å²) >= 11 is 5.73. The van der Waals surface area contributed by atoms with Gasteiger partial charge in [0.05, 0.1) is 0 Å². The third-order valence-corrected chi connectivity index (χ3v) is 2.01. The molecule has 0 heterocycles. The molecule has 0 N–H and O–H groups in total. The van der Waals surface area contributed by atoms with E-state index in [1.165, 1.54) is 0 Å². The highest BCUT2D eigenvalue weighted by Crippen LogP contribution is 2.10. The Morgan fingerprint density at radius 2 is 2.00 bits per heavy atom. The van der Waals surface area contributed by atoms with Gasteiger partial charge in [0.15, 0.2) is 0 Å². The highest BCUT2D eigenvalue weighted by Gasteiger charge is 1.91. The van der Waals surface area contributed by atoms with Crippen molar-refractivity contribution < 1.29 is 4.79 Å². The zero-order valence-corrected chi connectivity index (χ0v) is 8.21. The molecule has 0 aliphatic rings. The maximum absolute atomic E-state index is 10.3. The number of halogens is 1. The minimum absolute atomic E-state index is 0.736. The summed E-state index contributed by atoms with van der Waals surface area (Å²) in [6.45, 7) is 1.79. The minimum atomic E-state index is 0.736. The molecular formula is C11H11ClO. The Morgan fingerprint density at radius 1 is 1.38 bits per heavy atom. The normalized spacial score (nSPS) is 11.4. The second-order valence-corrected chi connectivity index (χ2v) is 3.33. The van der Waals surface area contributed by atoms with Crippen molar-refractivity contribution in [1.29, 1.82) is 0 Å². The smallest absolute Gasteiger partial charge is 0.145 e. The molecule has 2 heteroatoms. The number of carbonyl (C=O) groups excluding carboxylic acids is 1. The number of hydrogen-bond acceptors (Lipinski definition) is 1. The van der Waals surface area contributed by atoms with Gasteiger partial charge in [-0.15, -0.1) is 0 Å². The van der Waals surface area contributed by atoms with Gasteiger partial charge in [0.2, 0.25) is 0 Å². The van der Waals surface area contributed by atoms with Crippen molar-refractivity contribution in [2.24, 2.45) is 0 Å². The van der Waals surface area contributed by atoms with Gasteiger partial charge in [0, 0.05) is 5.02 Å². The Morgan fingerprint density at radius 3 is 2.54 bits per heavy atom. The summed E-state index contributed by atoms with van der Waals surface area (Å²) in [4.78, 5) is 10.3. The minimum Gasteiger partial charge on any atom is -0.298 e. The van der Waals surface area contributed by atoms with Gasteiger partial charge >= 0.3 is 0 Å². The quantitative estimate of drug-likeness (QED) is 0.534. The number of hydrogen-bond donors (Lipinski definition) is 0. The van der Waals surface area contributed by atoms with Crippen LogP contribution in [-0.2, 0) is 11.2 Å². The number of aldehydes is 1. The highest BCUT2D eigenvalue weighted by atomic mass is 35.5. The van der Waals surface area contributed by atoms with Gasteiger partial charge < -0.3 is 0 Å². The average molecular weight is 195 g/mol. The third kappa shape index (κ3) is 3.43. The summed E-state index contributed by atoms with van der Waals surface area (Å²) in [5.41, 5.74) is 1.92. The van der Waals surface area contributed by atoms with E-state index in [4.69, 9.17) is 11.6 Å². The van der Waals surface area contributed by atoms with Crippen molar-refractivity contribution in [3.63, 3.8) is 0 Å². The first-order valence-corrected chi connectivity index (χ1v) is 4.46. The van der Waals surface area contributed by atoms with E-state index < -0.39 is 0 Å². The molecule has 0 fully saturated rings. The van der Waals surface area contributed by atoms with Crippen LogP contribution in [0.25, 0.3) is 0 Å². The Bertz CT molecular complexity index is 311. The lowest BCUT2D eigenvalue weighted by molar-refractivity contribution is -0.104. The molecule has 13 heavy (non-hydrogen) atoms. The first-order chi connectivity index (χ1) is 6.22. The van der Waals surface area contributed by atoms with Crippen LogP contribution >= 0.6 is 11.6 Å². The zero-order valence-electron chi connectivity index (χ0n) is 7.46. The van der Waals surface area contributed by atoms with E-state index in [2.05, 4.69) is 0 Å². The fourth-order valence-corrected chi connectivity index (χ4v) is 1.07. The molecule has 0 amide bonds. The lowest BCUT2D eigenvalue weighted by atomic mass is 10.1. The van der Waals surface area contributed by atoms with Crippen molar-refractivity contribution in [1.82, 2.24) is 0 Å². The lowest BCUT2D eigenvalue weighted by Gasteiger charge is -1.96. The van der Waals surface area contributed by atoms with E-state index in [9.17, 15) is 4.79 Å². The van der Waals surface area contributed by atoms with Crippen LogP contribution in [0, 0.1) is 0 Å². The van der Waals surface area contributed by atoms with Crippen LogP contribution in [0.15, 0.2) is 35.9 Å². The Balaban J connectivity index is 2.65. The van der Waals surface area contributed by atoms with Crippen LogP contribution in [0.5, 0.6) is 0 Å². The summed E-state index contributed by atoms with van der Waals surface area (Å²) < 4.78 is 0. The van der Waals surface area contributed by atoms with E-state index in [0.29, 0.717) is 0 Å². The predicted molar refractivity (Wildman–Crippen MR) is 55.0 cm³/mol. The molecule has 0 unspecified atom stereocenters. The van der Waals surface area contributed by atoms with Crippen LogP contribution in [0.3, 0.4) is 0 Å². The van der Waals surface area contributed by atoms with Gasteiger partial charge in [0.25, 0.3) is 0 Å². The van der Waals surface area contributed by atoms with E-state index in [1.807, 2.05) is 30.3 Å². The van der Waals surface area contributed by atoms with Gasteiger partial charge in [-0.05, 0) is 36.6 Å². The molecule has 0 radical (unpaired) electrons. The second-order valence-electron chi connectivity index (χ2n) is 2.90. The largest absolute Gasteiger partial charge is 0.298 e. The van der Waals surface area contributed by atoms with Gasteiger partial charge in [-0.2, -0.15) is 0 Å². The third-order valence-electron chi connectivity index (χ3n) is 1.76. The lowest BCUT2D eigenvalue weighted by Crippen LogP contribution is -1.83. The monoisotopic (exact) mass is 194 g/mol. The Labute approximate surface area is 83.0 Å². The van der Waals surface area contributed by atoms with Gasteiger partial charge in [-0.25, -0.2) is 0 Å². The number of carbonyl (C=O) groups is 1. The second kappa shape index (κ2) is 4.83. The maximum atomic E-state index is 10.3. The van der Waals surface area contributed by atoms with E-state index in [1.54, 1.807) is 6.92 Å². The molecule has 68 valence electrons. The van der Waals surface area contributed by atoms with Crippen molar-refractivity contribution in [3.8, 4) is 0 Å². The molecule has 0 saturated carbocycles. The van der Waals surface area contributed by atoms with E-state index >= 15 is 0 Å². The van der Waals surface area contributed by atoms with E-state index in [0.717, 1.165) is 28.9 Å². The molecule has 0 bridgehead atoms. The van der Waals surface area contributed by atoms with Crippen LogP contribution in [-0.4, -0.2) is 6.29 Å². The summed E-state index contributed by atoms with van der Waals surface area (Å²) in [6.07, 6.45) is 3.54. The van der Waals surface area contributed by atoms with E-state index in [-0.39, 0.29) is 0 Å². The molecule has 0 atom stereocenters. The Hall–Kier alpha value is -1.08. The molecule has 1 aromatic carbocycles. The molecule has 0 spiro atoms. The Kier molecular flexibility index (Phi) is 3.71. The molecule has 1 nitrogen and oxygen atoms in total. The van der Waals surface area contributed by atoms with Gasteiger partial charge in [-0.1, -0.05) is 29.8 Å². The summed E-state index contributed by atoms with van der Waals surface area (Å²) in [6, 6.07) is 7.61. The standard InChI is InChI=1S/C11H11ClO/c1-9(8-13)2-3-10-4-6-11(12)7-5-10/h2,4-8H,3H2,1H3/b9-2-. The summed E-state index contributed by atoms with van der Waals surface area (Å²) in [7, 11) is 0. The maximum Gasteiger partial charge on any atom is 0.145 e. The molecule has 1 aromatic rings. The average Bonchev–Trinajstić information content (AvgIpc) is 2.16. The van der Waals surface area contributed by atoms with Crippen LogP contribution in [0.2, 0.25) is 5.02 Å². The molecule has 0 saturated heterocycles. The van der Waals surface area contributed by atoms with Crippen LogP contribution in [0.4, 0.5) is 0 Å². The topological polar surface area (TPSA) is 17.1 Å². The number of allylic oxidation sites excluding steroid dienone is 2. The van der Waals surface area contributed by atoms with Crippen molar-refractivity contribution in [3.05, 3.63) is 46.5 Å². The summed E-state index contributed by atoms with van der Waals surface area (Å²) in [5, 5.41) is 0.736. The molecule has 1 rings (SSSR count). The molecule has 0 aromatic heterocycles. The molecular weight excluding hydrogens is 184 g/mol. The molecule has 0 aliphatic heterocycles. The fourth-order valence-electron chi connectivity index (χ4n) is 0.947. The van der Waals surface area contributed by atoms with Gasteiger partial charge in [-0.3, -0.25) is 4.79 Å². The zero-order chi connectivity index (χ0) is 9.68. The first-order valence-electron chi connectivity index (χ1n) is 4.09. The SMILES string of the molecule is C/C(C=O)=C/Cc1ccc(Cl)cc1. The number of benzene rings is 1. The van der Waals surface area contributed by atoms with Gasteiger partial charge in [0.1, 0.15) is 6.29 Å². The summed E-state index contributed by atoms with van der Waals surface area (Å²) in [5.74, 6) is 0.